The molecular weight excluding hydrogens is 246 g/mol. The van der Waals surface area contributed by atoms with Gasteiger partial charge in [0.1, 0.15) is 0 Å². The van der Waals surface area contributed by atoms with Crippen molar-refractivity contribution >= 4 is 0 Å². The third kappa shape index (κ3) is 4.07. The quantitative estimate of drug-likeness (QED) is 0.742. The molecule has 2 nitrogen and oxygen atoms in total. The molecule has 0 saturated carbocycles. The molecule has 1 aromatic rings. The fourth-order valence-electron chi connectivity index (χ4n) is 3.17. The Bertz CT molecular complexity index is 410. The molecule has 1 aliphatic heterocycles. The van der Waals surface area contributed by atoms with Gasteiger partial charge in [-0.25, -0.2) is 0 Å². The molecule has 2 heteroatoms. The summed E-state index contributed by atoms with van der Waals surface area (Å²) >= 11 is 0. The van der Waals surface area contributed by atoms with E-state index < -0.39 is 0 Å². The summed E-state index contributed by atoms with van der Waals surface area (Å²) in [4.78, 5) is 2.58. The van der Waals surface area contributed by atoms with Crippen molar-refractivity contribution < 1.29 is 4.74 Å². The summed E-state index contributed by atoms with van der Waals surface area (Å²) in [6.07, 6.45) is 4.97. The van der Waals surface area contributed by atoms with E-state index in [1.807, 2.05) is 0 Å². The lowest BCUT2D eigenvalue weighted by molar-refractivity contribution is 0.0292. The Kier molecular flexibility index (Phi) is 6.06. The normalized spacial score (nSPS) is 18.3. The Balaban J connectivity index is 1.97. The molecule has 1 aliphatic rings. The molecule has 0 amide bonds. The van der Waals surface area contributed by atoms with E-state index in [1.165, 1.54) is 42.6 Å². The maximum Gasteiger partial charge on any atom is 0.0839 e. The molecule has 0 bridgehead atoms. The molecule has 0 aromatic heterocycles. The van der Waals surface area contributed by atoms with Crippen molar-refractivity contribution in [2.45, 2.75) is 52.6 Å². The molecule has 1 heterocycles. The molecule has 1 aromatic carbocycles. The van der Waals surface area contributed by atoms with E-state index >= 15 is 0 Å². The number of ether oxygens (including phenoxy) is 1. The van der Waals surface area contributed by atoms with E-state index in [4.69, 9.17) is 4.74 Å². The van der Waals surface area contributed by atoms with Crippen LogP contribution in [0.5, 0.6) is 0 Å². The number of aryl methyl sites for hydroxylation is 1. The highest BCUT2D eigenvalue weighted by Crippen LogP contribution is 2.30. The smallest absolute Gasteiger partial charge is 0.0839 e. The van der Waals surface area contributed by atoms with Gasteiger partial charge in [-0.05, 0) is 56.8 Å². The highest BCUT2D eigenvalue weighted by atomic mass is 16.5. The summed E-state index contributed by atoms with van der Waals surface area (Å²) in [6.45, 7) is 11.1. The fraction of sp³-hybridized carbons (Fsp3) is 0.667. The highest BCUT2D eigenvalue weighted by molar-refractivity contribution is 5.34. The van der Waals surface area contributed by atoms with Gasteiger partial charge in [-0.1, -0.05) is 37.6 Å². The van der Waals surface area contributed by atoms with Crippen molar-refractivity contribution in [2.75, 3.05) is 26.2 Å². The minimum absolute atomic E-state index is 0.301. The summed E-state index contributed by atoms with van der Waals surface area (Å²) in [5.74, 6) is 0. The van der Waals surface area contributed by atoms with Crippen LogP contribution in [0, 0.1) is 6.92 Å². The lowest BCUT2D eigenvalue weighted by Crippen LogP contribution is -2.29. The van der Waals surface area contributed by atoms with Crippen LogP contribution in [-0.2, 0) is 11.2 Å². The Labute approximate surface area is 124 Å². The zero-order valence-electron chi connectivity index (χ0n) is 13.3. The van der Waals surface area contributed by atoms with Gasteiger partial charge < -0.3 is 9.64 Å². The average Bonchev–Trinajstić information content (AvgIpc) is 2.44. The van der Waals surface area contributed by atoms with Crippen LogP contribution in [0.15, 0.2) is 18.2 Å². The average molecular weight is 275 g/mol. The zero-order chi connectivity index (χ0) is 14.4. The predicted molar refractivity (Wildman–Crippen MR) is 85.2 cm³/mol. The van der Waals surface area contributed by atoms with Crippen LogP contribution in [0.1, 0.15) is 55.9 Å². The number of rotatable bonds is 7. The van der Waals surface area contributed by atoms with Crippen LogP contribution in [0.4, 0.5) is 0 Å². The molecule has 0 N–H and O–H groups in total. The number of hydrogen-bond acceptors (Lipinski definition) is 2. The van der Waals surface area contributed by atoms with Crippen LogP contribution in [-0.4, -0.2) is 31.1 Å². The van der Waals surface area contributed by atoms with Crippen molar-refractivity contribution in [3.8, 4) is 0 Å². The van der Waals surface area contributed by atoms with E-state index in [2.05, 4.69) is 43.9 Å². The summed E-state index contributed by atoms with van der Waals surface area (Å²) in [7, 11) is 0. The topological polar surface area (TPSA) is 12.5 Å². The van der Waals surface area contributed by atoms with Gasteiger partial charge in [0.2, 0.25) is 0 Å². The molecular formula is C18H29NO. The van der Waals surface area contributed by atoms with Gasteiger partial charge in [0.05, 0.1) is 12.7 Å². The molecule has 1 atom stereocenters. The summed E-state index contributed by atoms with van der Waals surface area (Å²) in [6, 6.07) is 6.83. The van der Waals surface area contributed by atoms with Crippen molar-refractivity contribution in [1.82, 2.24) is 4.90 Å². The molecule has 2 rings (SSSR count). The maximum atomic E-state index is 6.02. The molecule has 1 unspecified atom stereocenters. The Hall–Kier alpha value is -0.860. The molecule has 20 heavy (non-hydrogen) atoms. The molecule has 0 radical (unpaired) electrons. The SMILES string of the molecule is CCCN(CCC)CCC1OCCc2cc(C)ccc21. The van der Waals surface area contributed by atoms with Crippen molar-refractivity contribution in [1.29, 1.82) is 0 Å². The zero-order valence-corrected chi connectivity index (χ0v) is 13.3. The van der Waals surface area contributed by atoms with E-state index in [9.17, 15) is 0 Å². The lowest BCUT2D eigenvalue weighted by atomic mass is 9.94. The van der Waals surface area contributed by atoms with Crippen molar-refractivity contribution in [2.24, 2.45) is 0 Å². The first kappa shape index (κ1) is 15.5. The number of fused-ring (bicyclic) bond motifs is 1. The Morgan fingerprint density at radius 2 is 1.90 bits per heavy atom. The standard InChI is InChI=1S/C18H29NO/c1-4-10-19(11-5-2)12-8-18-17-7-6-15(3)14-16(17)9-13-20-18/h6-7,14,18H,4-5,8-13H2,1-3H3. The summed E-state index contributed by atoms with van der Waals surface area (Å²) in [5, 5.41) is 0. The van der Waals surface area contributed by atoms with Crippen LogP contribution in [0.25, 0.3) is 0 Å². The molecule has 0 spiro atoms. The van der Waals surface area contributed by atoms with Crippen LogP contribution < -0.4 is 0 Å². The van der Waals surface area contributed by atoms with E-state index in [0.29, 0.717) is 6.10 Å². The third-order valence-corrected chi connectivity index (χ3v) is 4.12. The predicted octanol–water partition coefficient (Wildman–Crippen LogP) is 4.12. The first-order valence-corrected chi connectivity index (χ1v) is 8.18. The molecule has 0 aliphatic carbocycles. The fourth-order valence-corrected chi connectivity index (χ4v) is 3.17. The monoisotopic (exact) mass is 275 g/mol. The van der Waals surface area contributed by atoms with Gasteiger partial charge in [-0.3, -0.25) is 0 Å². The maximum absolute atomic E-state index is 6.02. The minimum Gasteiger partial charge on any atom is -0.373 e. The van der Waals surface area contributed by atoms with Crippen molar-refractivity contribution in [3.05, 3.63) is 34.9 Å². The van der Waals surface area contributed by atoms with Gasteiger partial charge in [-0.2, -0.15) is 0 Å². The highest BCUT2D eigenvalue weighted by Gasteiger charge is 2.21. The minimum atomic E-state index is 0.301. The molecule has 0 saturated heterocycles. The first-order valence-electron chi connectivity index (χ1n) is 8.18. The second kappa shape index (κ2) is 7.80. The molecule has 112 valence electrons. The van der Waals surface area contributed by atoms with Gasteiger partial charge in [0, 0.05) is 6.54 Å². The van der Waals surface area contributed by atoms with E-state index in [-0.39, 0.29) is 0 Å². The van der Waals surface area contributed by atoms with Gasteiger partial charge >= 0.3 is 0 Å². The van der Waals surface area contributed by atoms with Crippen LogP contribution in [0.2, 0.25) is 0 Å². The summed E-state index contributed by atoms with van der Waals surface area (Å²) < 4.78 is 6.02. The second-order valence-corrected chi connectivity index (χ2v) is 5.94. The van der Waals surface area contributed by atoms with Crippen molar-refractivity contribution in [3.63, 3.8) is 0 Å². The molecule has 0 fully saturated rings. The van der Waals surface area contributed by atoms with Gasteiger partial charge in [-0.15, -0.1) is 0 Å². The second-order valence-electron chi connectivity index (χ2n) is 5.94. The van der Waals surface area contributed by atoms with Gasteiger partial charge in [0.25, 0.3) is 0 Å². The largest absolute Gasteiger partial charge is 0.373 e. The first-order chi connectivity index (χ1) is 9.74. The van der Waals surface area contributed by atoms with Crippen LogP contribution in [0.3, 0.4) is 0 Å². The van der Waals surface area contributed by atoms with Crippen LogP contribution >= 0.6 is 0 Å². The number of hydrogen-bond donors (Lipinski definition) is 0. The Morgan fingerprint density at radius 1 is 1.15 bits per heavy atom. The summed E-state index contributed by atoms with van der Waals surface area (Å²) in [5.41, 5.74) is 4.29. The Morgan fingerprint density at radius 3 is 2.60 bits per heavy atom. The number of nitrogens with zero attached hydrogens (tertiary/aromatic N) is 1. The number of benzene rings is 1. The third-order valence-electron chi connectivity index (χ3n) is 4.12. The van der Waals surface area contributed by atoms with E-state index in [1.54, 1.807) is 0 Å². The van der Waals surface area contributed by atoms with Gasteiger partial charge in [0.15, 0.2) is 0 Å². The lowest BCUT2D eigenvalue weighted by Gasteiger charge is -2.29. The van der Waals surface area contributed by atoms with E-state index in [0.717, 1.165) is 26.0 Å².